The Morgan fingerprint density at radius 1 is 1.36 bits per heavy atom. The fourth-order valence-electron chi connectivity index (χ4n) is 4.39. The van der Waals surface area contributed by atoms with Crippen molar-refractivity contribution < 1.29 is 9.53 Å². The Bertz CT molecular complexity index is 598. The lowest BCUT2D eigenvalue weighted by Crippen LogP contribution is -2.45. The van der Waals surface area contributed by atoms with Gasteiger partial charge in [0, 0.05) is 12.1 Å². The van der Waals surface area contributed by atoms with Gasteiger partial charge in [-0.15, -0.1) is 0 Å². The summed E-state index contributed by atoms with van der Waals surface area (Å²) < 4.78 is 6.16. The third kappa shape index (κ3) is 4.21. The van der Waals surface area contributed by atoms with Crippen LogP contribution in [0.25, 0.3) is 0 Å². The molecule has 1 aliphatic carbocycles. The maximum Gasteiger partial charge on any atom is 0.342 e. The Hall–Kier alpha value is -1.45. The first-order valence-corrected chi connectivity index (χ1v) is 9.73. The summed E-state index contributed by atoms with van der Waals surface area (Å²) in [5.74, 6) is 1.83. The highest BCUT2D eigenvalue weighted by molar-refractivity contribution is 5.96. The quantitative estimate of drug-likeness (QED) is 0.719. The topological polar surface area (TPSA) is 68.1 Å². The predicted molar refractivity (Wildman–Crippen MR) is 104 cm³/mol. The minimum atomic E-state index is -0.269. The fourth-order valence-corrected chi connectivity index (χ4v) is 4.39. The van der Waals surface area contributed by atoms with Crippen LogP contribution in [0.3, 0.4) is 0 Å². The second kappa shape index (κ2) is 7.43. The molecule has 0 radical (unpaired) electrons. The van der Waals surface area contributed by atoms with Gasteiger partial charge in [0.25, 0.3) is 0 Å². The number of ether oxygens (including phenoxy) is 1. The van der Waals surface area contributed by atoms with E-state index in [1.165, 1.54) is 0 Å². The molecule has 1 fully saturated rings. The summed E-state index contributed by atoms with van der Waals surface area (Å²) in [5, 5.41) is 0. The molecule has 1 aromatic heterocycles. The van der Waals surface area contributed by atoms with E-state index in [1.807, 2.05) is 6.20 Å². The normalized spacial score (nSPS) is 27.5. The number of aromatic amines is 1. The Kier molecular flexibility index (Phi) is 5.90. The minimum Gasteiger partial charge on any atom is -0.458 e. The Morgan fingerprint density at radius 2 is 2.00 bits per heavy atom. The molecule has 4 unspecified atom stereocenters. The van der Waals surface area contributed by atoms with Gasteiger partial charge < -0.3 is 15.5 Å². The molecule has 1 aliphatic rings. The SMILES string of the molecule is CCC1CC(C)CC(C(C)(C)C)C1OC(=O)c1c(C(C)C)c[nH]c1N. The van der Waals surface area contributed by atoms with Crippen molar-refractivity contribution in [3.05, 3.63) is 17.3 Å². The summed E-state index contributed by atoms with van der Waals surface area (Å²) in [6.45, 7) is 15.4. The molecule has 0 saturated heterocycles. The molecule has 1 heterocycles. The summed E-state index contributed by atoms with van der Waals surface area (Å²) >= 11 is 0. The lowest BCUT2D eigenvalue weighted by atomic mass is 9.63. The van der Waals surface area contributed by atoms with E-state index in [0.717, 1.165) is 24.8 Å². The largest absolute Gasteiger partial charge is 0.458 e. The third-order valence-electron chi connectivity index (χ3n) is 5.87. The summed E-state index contributed by atoms with van der Waals surface area (Å²) in [6, 6.07) is 0. The number of anilines is 1. The van der Waals surface area contributed by atoms with Crippen LogP contribution in [0, 0.1) is 23.2 Å². The molecule has 4 nitrogen and oxygen atoms in total. The van der Waals surface area contributed by atoms with Crippen LogP contribution in [0.1, 0.15) is 89.6 Å². The second-order valence-corrected chi connectivity index (χ2v) is 9.27. The van der Waals surface area contributed by atoms with Gasteiger partial charge in [0.15, 0.2) is 0 Å². The maximum absolute atomic E-state index is 13.0. The van der Waals surface area contributed by atoms with Crippen LogP contribution in [0.2, 0.25) is 0 Å². The van der Waals surface area contributed by atoms with Gasteiger partial charge in [-0.2, -0.15) is 0 Å². The van der Waals surface area contributed by atoms with E-state index in [9.17, 15) is 4.79 Å². The average molecular weight is 349 g/mol. The van der Waals surface area contributed by atoms with E-state index in [2.05, 4.69) is 53.5 Å². The number of rotatable bonds is 4. The van der Waals surface area contributed by atoms with E-state index in [4.69, 9.17) is 10.5 Å². The maximum atomic E-state index is 13.0. The summed E-state index contributed by atoms with van der Waals surface area (Å²) in [7, 11) is 0. The molecule has 0 aliphatic heterocycles. The number of esters is 1. The number of nitrogen functional groups attached to an aromatic ring is 1. The molecule has 0 amide bonds. The lowest BCUT2D eigenvalue weighted by molar-refractivity contribution is -0.0656. The average Bonchev–Trinajstić information content (AvgIpc) is 2.89. The zero-order valence-corrected chi connectivity index (χ0v) is 17.0. The van der Waals surface area contributed by atoms with Crippen LogP contribution >= 0.6 is 0 Å². The van der Waals surface area contributed by atoms with E-state index in [0.29, 0.717) is 29.1 Å². The highest BCUT2D eigenvalue weighted by Crippen LogP contribution is 2.45. The molecule has 142 valence electrons. The van der Waals surface area contributed by atoms with Gasteiger partial charge in [-0.3, -0.25) is 0 Å². The number of carbonyl (C=O) groups is 1. The fraction of sp³-hybridized carbons (Fsp3) is 0.762. The van der Waals surface area contributed by atoms with Gasteiger partial charge in [0.2, 0.25) is 0 Å². The van der Waals surface area contributed by atoms with Gasteiger partial charge >= 0.3 is 5.97 Å². The minimum absolute atomic E-state index is 0.0389. The van der Waals surface area contributed by atoms with Gasteiger partial charge in [0.05, 0.1) is 0 Å². The van der Waals surface area contributed by atoms with Crippen LogP contribution in [-0.2, 0) is 4.74 Å². The van der Waals surface area contributed by atoms with Gasteiger partial charge in [-0.1, -0.05) is 48.5 Å². The Morgan fingerprint density at radius 3 is 2.52 bits per heavy atom. The van der Waals surface area contributed by atoms with Crippen molar-refractivity contribution in [1.82, 2.24) is 4.98 Å². The zero-order chi connectivity index (χ0) is 18.9. The first-order chi connectivity index (χ1) is 11.6. The smallest absolute Gasteiger partial charge is 0.342 e. The number of carbonyl (C=O) groups excluding carboxylic acids is 1. The number of hydrogen-bond donors (Lipinski definition) is 2. The molecule has 0 spiro atoms. The Labute approximate surface area is 152 Å². The standard InChI is InChI=1S/C21H36N2O2/c1-8-14-9-13(4)10-16(21(5,6)7)18(14)25-20(24)17-15(12(2)3)11-23-19(17)22/h11-14,16,18,23H,8-10,22H2,1-7H3. The van der Waals surface area contributed by atoms with Gasteiger partial charge in [-0.05, 0) is 48.0 Å². The van der Waals surface area contributed by atoms with Gasteiger partial charge in [0.1, 0.15) is 17.5 Å². The number of H-pyrrole nitrogens is 1. The summed E-state index contributed by atoms with van der Waals surface area (Å²) in [4.78, 5) is 16.0. The van der Waals surface area contributed by atoms with Crippen LogP contribution in [0.4, 0.5) is 5.82 Å². The molecule has 0 aromatic carbocycles. The molecule has 1 aromatic rings. The van der Waals surface area contributed by atoms with Crippen molar-refractivity contribution in [3.63, 3.8) is 0 Å². The highest BCUT2D eigenvalue weighted by atomic mass is 16.5. The van der Waals surface area contributed by atoms with Crippen LogP contribution < -0.4 is 5.73 Å². The van der Waals surface area contributed by atoms with Crippen molar-refractivity contribution in [2.75, 3.05) is 5.73 Å². The van der Waals surface area contributed by atoms with Crippen LogP contribution in [0.15, 0.2) is 6.20 Å². The van der Waals surface area contributed by atoms with Gasteiger partial charge in [-0.25, -0.2) is 4.79 Å². The molecule has 1 saturated carbocycles. The second-order valence-electron chi connectivity index (χ2n) is 9.27. The molecular formula is C21H36N2O2. The highest BCUT2D eigenvalue weighted by Gasteiger charge is 2.44. The predicted octanol–water partition coefficient (Wildman–Crippen LogP) is 5.36. The van der Waals surface area contributed by atoms with Crippen molar-refractivity contribution >= 4 is 11.8 Å². The summed E-state index contributed by atoms with van der Waals surface area (Å²) in [5.41, 5.74) is 7.61. The van der Waals surface area contributed by atoms with E-state index < -0.39 is 0 Å². The van der Waals surface area contributed by atoms with Crippen molar-refractivity contribution in [2.45, 2.75) is 79.8 Å². The van der Waals surface area contributed by atoms with E-state index in [-0.39, 0.29) is 23.4 Å². The van der Waals surface area contributed by atoms with Crippen molar-refractivity contribution in [3.8, 4) is 0 Å². The summed E-state index contributed by atoms with van der Waals surface area (Å²) in [6.07, 6.45) is 5.06. The number of nitrogens with two attached hydrogens (primary N) is 1. The number of nitrogens with one attached hydrogen (secondary N) is 1. The molecular weight excluding hydrogens is 312 g/mol. The molecule has 4 atom stereocenters. The molecule has 4 heteroatoms. The first-order valence-electron chi connectivity index (χ1n) is 9.73. The number of aromatic nitrogens is 1. The molecule has 2 rings (SSSR count). The molecule has 0 bridgehead atoms. The van der Waals surface area contributed by atoms with E-state index in [1.54, 1.807) is 0 Å². The lowest BCUT2D eigenvalue weighted by Gasteiger charge is -2.46. The van der Waals surface area contributed by atoms with Crippen molar-refractivity contribution in [2.24, 2.45) is 23.2 Å². The number of hydrogen-bond acceptors (Lipinski definition) is 3. The van der Waals surface area contributed by atoms with E-state index >= 15 is 0 Å². The monoisotopic (exact) mass is 348 g/mol. The van der Waals surface area contributed by atoms with Crippen molar-refractivity contribution in [1.29, 1.82) is 0 Å². The Balaban J connectivity index is 2.31. The van der Waals surface area contributed by atoms with Crippen LogP contribution in [0.5, 0.6) is 0 Å². The first kappa shape index (κ1) is 19.9. The molecule has 3 N–H and O–H groups in total. The zero-order valence-electron chi connectivity index (χ0n) is 17.0. The third-order valence-corrected chi connectivity index (χ3v) is 5.87. The van der Waals surface area contributed by atoms with Crippen LogP contribution in [-0.4, -0.2) is 17.1 Å². The molecule has 25 heavy (non-hydrogen) atoms.